The summed E-state index contributed by atoms with van der Waals surface area (Å²) in [6.07, 6.45) is 2.59. The van der Waals surface area contributed by atoms with Gasteiger partial charge in [-0.25, -0.2) is 8.42 Å². The number of nitrogens with zero attached hydrogens (tertiary/aromatic N) is 1. The Kier molecular flexibility index (Phi) is 7.53. The molecule has 0 radical (unpaired) electrons. The molecule has 0 aliphatic rings. The van der Waals surface area contributed by atoms with Gasteiger partial charge in [0.05, 0.1) is 11.9 Å². The molecule has 0 bridgehead atoms. The van der Waals surface area contributed by atoms with Crippen molar-refractivity contribution in [2.24, 2.45) is 0 Å². The molecule has 146 valence electrons. The average Bonchev–Trinajstić information content (AvgIpc) is 2.59. The molecule has 2 aromatic carbocycles. The van der Waals surface area contributed by atoms with Crippen molar-refractivity contribution >= 4 is 44.8 Å². The molecule has 2 aromatic rings. The zero-order valence-corrected chi connectivity index (χ0v) is 17.5. The van der Waals surface area contributed by atoms with Gasteiger partial charge >= 0.3 is 0 Å². The second kappa shape index (κ2) is 9.44. The molecule has 1 amide bonds. The minimum Gasteiger partial charge on any atom is -0.354 e. The summed E-state index contributed by atoms with van der Waals surface area (Å²) < 4.78 is 25.5. The topological polar surface area (TPSA) is 66.5 Å². The molecule has 0 saturated carbocycles. The number of anilines is 1. The van der Waals surface area contributed by atoms with E-state index in [9.17, 15) is 13.2 Å². The second-order valence-electron chi connectivity index (χ2n) is 6.24. The van der Waals surface area contributed by atoms with Crippen LogP contribution in [0.1, 0.15) is 18.9 Å². The normalized spacial score (nSPS) is 12.4. The van der Waals surface area contributed by atoms with E-state index in [0.717, 1.165) is 29.0 Å². The predicted molar refractivity (Wildman–Crippen MR) is 111 cm³/mol. The summed E-state index contributed by atoms with van der Waals surface area (Å²) in [5.41, 5.74) is 1.48. The largest absolute Gasteiger partial charge is 0.354 e. The molecule has 0 spiro atoms. The van der Waals surface area contributed by atoms with E-state index in [0.29, 0.717) is 22.3 Å². The van der Waals surface area contributed by atoms with Gasteiger partial charge in [-0.3, -0.25) is 9.10 Å². The highest BCUT2D eigenvalue weighted by Gasteiger charge is 2.28. The SMILES string of the molecule is C[C@H](C(=O)NCCCc1ccc(Cl)cc1)N(c1cccc(Cl)c1)S(C)(=O)=O. The lowest BCUT2D eigenvalue weighted by Gasteiger charge is -2.28. The molecule has 8 heteroatoms. The molecule has 1 atom stereocenters. The van der Waals surface area contributed by atoms with Crippen molar-refractivity contribution in [3.05, 3.63) is 64.1 Å². The monoisotopic (exact) mass is 428 g/mol. The van der Waals surface area contributed by atoms with E-state index in [2.05, 4.69) is 5.32 Å². The van der Waals surface area contributed by atoms with Gasteiger partial charge in [-0.15, -0.1) is 0 Å². The Bertz CT molecular complexity index is 886. The van der Waals surface area contributed by atoms with Crippen LogP contribution in [0.2, 0.25) is 10.0 Å². The van der Waals surface area contributed by atoms with E-state index < -0.39 is 16.1 Å². The van der Waals surface area contributed by atoms with Gasteiger partial charge in [0.1, 0.15) is 6.04 Å². The Balaban J connectivity index is 1.97. The molecule has 0 heterocycles. The first-order chi connectivity index (χ1) is 12.7. The quantitative estimate of drug-likeness (QED) is 0.648. The lowest BCUT2D eigenvalue weighted by Crippen LogP contribution is -2.48. The fourth-order valence-corrected chi connectivity index (χ4v) is 4.20. The van der Waals surface area contributed by atoms with Crippen molar-refractivity contribution in [3.8, 4) is 0 Å². The summed E-state index contributed by atoms with van der Waals surface area (Å²) in [5.74, 6) is -0.364. The Labute approximate surface area is 170 Å². The van der Waals surface area contributed by atoms with Crippen LogP contribution in [-0.2, 0) is 21.2 Å². The molecule has 5 nitrogen and oxygen atoms in total. The number of aryl methyl sites for hydroxylation is 1. The highest BCUT2D eigenvalue weighted by Crippen LogP contribution is 2.24. The molecular formula is C19H22Cl2N2O3S. The Morgan fingerprint density at radius 3 is 2.37 bits per heavy atom. The molecule has 0 aliphatic carbocycles. The van der Waals surface area contributed by atoms with Gasteiger partial charge in [0.25, 0.3) is 0 Å². The first-order valence-corrected chi connectivity index (χ1v) is 11.1. The van der Waals surface area contributed by atoms with Crippen molar-refractivity contribution in [3.63, 3.8) is 0 Å². The Morgan fingerprint density at radius 1 is 1.11 bits per heavy atom. The number of carbonyl (C=O) groups excluding carboxylic acids is 1. The number of rotatable bonds is 8. The maximum atomic E-state index is 12.5. The first kappa shape index (κ1) is 21.5. The average molecular weight is 429 g/mol. The van der Waals surface area contributed by atoms with Crippen LogP contribution < -0.4 is 9.62 Å². The third-order valence-corrected chi connectivity index (χ3v) is 5.73. The van der Waals surface area contributed by atoms with Crippen LogP contribution in [0, 0.1) is 0 Å². The lowest BCUT2D eigenvalue weighted by atomic mass is 10.1. The molecule has 2 rings (SSSR count). The second-order valence-corrected chi connectivity index (χ2v) is 8.97. The summed E-state index contributed by atoms with van der Waals surface area (Å²) >= 11 is 11.8. The van der Waals surface area contributed by atoms with Gasteiger partial charge in [-0.1, -0.05) is 41.4 Å². The van der Waals surface area contributed by atoms with Crippen molar-refractivity contribution in [1.82, 2.24) is 5.32 Å². The molecule has 0 unspecified atom stereocenters. The molecule has 0 aliphatic heterocycles. The fourth-order valence-electron chi connectivity index (χ4n) is 2.72. The third-order valence-electron chi connectivity index (χ3n) is 4.01. The number of hydrogen-bond donors (Lipinski definition) is 1. The van der Waals surface area contributed by atoms with Gasteiger partial charge in [0.2, 0.25) is 15.9 Å². The van der Waals surface area contributed by atoms with Crippen LogP contribution in [0.25, 0.3) is 0 Å². The van der Waals surface area contributed by atoms with Crippen molar-refractivity contribution < 1.29 is 13.2 Å². The standard InChI is InChI=1S/C19H22Cl2N2O3S/c1-14(23(27(2,25)26)18-7-3-6-17(21)13-18)19(24)22-12-4-5-15-8-10-16(20)11-9-15/h3,6-11,13-14H,4-5,12H2,1-2H3,(H,22,24)/t14-/m1/s1. The van der Waals surface area contributed by atoms with Gasteiger partial charge in [-0.05, 0) is 55.7 Å². The maximum Gasteiger partial charge on any atom is 0.243 e. The van der Waals surface area contributed by atoms with Gasteiger partial charge in [0.15, 0.2) is 0 Å². The minimum absolute atomic E-state index is 0.355. The summed E-state index contributed by atoms with van der Waals surface area (Å²) in [4.78, 5) is 12.5. The molecular weight excluding hydrogens is 407 g/mol. The number of halogens is 2. The lowest BCUT2D eigenvalue weighted by molar-refractivity contribution is -0.121. The Hall–Kier alpha value is -1.76. The number of sulfonamides is 1. The number of benzene rings is 2. The van der Waals surface area contributed by atoms with E-state index in [4.69, 9.17) is 23.2 Å². The smallest absolute Gasteiger partial charge is 0.243 e. The molecule has 0 aromatic heterocycles. The first-order valence-electron chi connectivity index (χ1n) is 8.45. The zero-order chi connectivity index (χ0) is 20.0. The highest BCUT2D eigenvalue weighted by molar-refractivity contribution is 7.92. The van der Waals surface area contributed by atoms with Crippen molar-refractivity contribution in [2.75, 3.05) is 17.1 Å². The van der Waals surface area contributed by atoms with Crippen LogP contribution in [0.15, 0.2) is 48.5 Å². The molecule has 1 N–H and O–H groups in total. The van der Waals surface area contributed by atoms with E-state index in [1.54, 1.807) is 25.1 Å². The summed E-state index contributed by atoms with van der Waals surface area (Å²) in [7, 11) is -3.66. The number of carbonyl (C=O) groups is 1. The molecule has 0 saturated heterocycles. The van der Waals surface area contributed by atoms with Crippen LogP contribution in [0.5, 0.6) is 0 Å². The summed E-state index contributed by atoms with van der Waals surface area (Å²) in [6.45, 7) is 2.00. The minimum atomic E-state index is -3.66. The fraction of sp³-hybridized carbons (Fsp3) is 0.316. The molecule has 27 heavy (non-hydrogen) atoms. The van der Waals surface area contributed by atoms with Crippen LogP contribution in [0.3, 0.4) is 0 Å². The van der Waals surface area contributed by atoms with E-state index in [1.165, 1.54) is 6.07 Å². The van der Waals surface area contributed by atoms with Crippen molar-refractivity contribution in [2.45, 2.75) is 25.8 Å². The Morgan fingerprint density at radius 2 is 1.78 bits per heavy atom. The molecule has 0 fully saturated rings. The van der Waals surface area contributed by atoms with Crippen LogP contribution >= 0.6 is 23.2 Å². The predicted octanol–water partition coefficient (Wildman–Crippen LogP) is 3.90. The van der Waals surface area contributed by atoms with Gasteiger partial charge in [-0.2, -0.15) is 0 Å². The number of nitrogens with one attached hydrogen (secondary N) is 1. The van der Waals surface area contributed by atoms with Gasteiger partial charge < -0.3 is 5.32 Å². The number of hydrogen-bond acceptors (Lipinski definition) is 3. The zero-order valence-electron chi connectivity index (χ0n) is 15.2. The van der Waals surface area contributed by atoms with Crippen molar-refractivity contribution in [1.29, 1.82) is 0 Å². The number of amides is 1. The highest BCUT2D eigenvalue weighted by atomic mass is 35.5. The van der Waals surface area contributed by atoms with E-state index >= 15 is 0 Å². The third kappa shape index (κ3) is 6.41. The van der Waals surface area contributed by atoms with Crippen LogP contribution in [0.4, 0.5) is 5.69 Å². The maximum absolute atomic E-state index is 12.5. The van der Waals surface area contributed by atoms with E-state index in [-0.39, 0.29) is 5.91 Å². The van der Waals surface area contributed by atoms with E-state index in [1.807, 2.05) is 24.3 Å². The van der Waals surface area contributed by atoms with Crippen LogP contribution in [-0.4, -0.2) is 33.2 Å². The summed E-state index contributed by atoms with van der Waals surface area (Å²) in [6, 6.07) is 13.1. The van der Waals surface area contributed by atoms with Gasteiger partial charge in [0, 0.05) is 16.6 Å². The summed E-state index contributed by atoms with van der Waals surface area (Å²) in [5, 5.41) is 3.88.